The lowest BCUT2D eigenvalue weighted by Crippen LogP contribution is -3.00. The van der Waals surface area contributed by atoms with Gasteiger partial charge in [-0.3, -0.25) is 0 Å². The Labute approximate surface area is 163 Å². The van der Waals surface area contributed by atoms with Crippen LogP contribution in [0.4, 0.5) is 5.69 Å². The van der Waals surface area contributed by atoms with Crippen molar-refractivity contribution in [2.24, 2.45) is 0 Å². The Balaban J connectivity index is 0.00000288. The third-order valence-corrected chi connectivity index (χ3v) is 3.82. The van der Waals surface area contributed by atoms with Crippen molar-refractivity contribution in [3.05, 3.63) is 59.9 Å². The van der Waals surface area contributed by atoms with Gasteiger partial charge in [-0.05, 0) is 37.4 Å². The first-order valence-electron chi connectivity index (χ1n) is 8.14. The molecule has 0 aliphatic heterocycles. The predicted molar refractivity (Wildman–Crippen MR) is 99.5 cm³/mol. The number of hydrogen-bond acceptors (Lipinski definition) is 2. The quantitative estimate of drug-likeness (QED) is 0.452. The van der Waals surface area contributed by atoms with Gasteiger partial charge in [-0.25, -0.2) is 4.57 Å². The van der Waals surface area contributed by atoms with Crippen molar-refractivity contribution in [1.82, 2.24) is 4.90 Å². The van der Waals surface area contributed by atoms with E-state index in [1.165, 1.54) is 23.2 Å². The van der Waals surface area contributed by atoms with Gasteiger partial charge in [0, 0.05) is 44.9 Å². The number of pyridine rings is 1. The fourth-order valence-electron chi connectivity index (χ4n) is 2.37. The zero-order chi connectivity index (χ0) is 16.7. The Morgan fingerprint density at radius 1 is 0.833 bits per heavy atom. The van der Waals surface area contributed by atoms with Crippen molar-refractivity contribution in [1.29, 1.82) is 0 Å². The zero-order valence-electron chi connectivity index (χ0n) is 15.1. The number of halogens is 1. The summed E-state index contributed by atoms with van der Waals surface area (Å²) < 4.78 is 2.24. The summed E-state index contributed by atoms with van der Waals surface area (Å²) in [5.74, 6) is 0. The summed E-state index contributed by atoms with van der Waals surface area (Å²) in [7, 11) is 8.35. The maximum absolute atomic E-state index is 2.24. The molecule has 4 heteroatoms. The molecule has 1 aromatic heterocycles. The smallest absolute Gasteiger partial charge is 0.169 e. The van der Waals surface area contributed by atoms with Gasteiger partial charge < -0.3 is 33.8 Å². The van der Waals surface area contributed by atoms with Gasteiger partial charge in [0.05, 0.1) is 0 Å². The number of anilines is 1. The number of hydrogen-bond donors (Lipinski definition) is 0. The van der Waals surface area contributed by atoms with Crippen LogP contribution in [0.15, 0.2) is 48.8 Å². The van der Waals surface area contributed by atoms with Crippen LogP contribution in [-0.4, -0.2) is 39.6 Å². The summed E-state index contributed by atoms with van der Waals surface area (Å²) in [6.45, 7) is 2.19. The molecular weight excluding hydrogens is 409 g/mol. The van der Waals surface area contributed by atoms with Gasteiger partial charge in [0.2, 0.25) is 0 Å². The van der Waals surface area contributed by atoms with Gasteiger partial charge >= 0.3 is 0 Å². The van der Waals surface area contributed by atoms with E-state index in [1.807, 2.05) is 0 Å². The molecule has 0 fully saturated rings. The van der Waals surface area contributed by atoms with Gasteiger partial charge in [0.15, 0.2) is 12.4 Å². The van der Waals surface area contributed by atoms with Gasteiger partial charge in [0.25, 0.3) is 0 Å². The third kappa shape index (κ3) is 7.01. The first-order valence-corrected chi connectivity index (χ1v) is 8.14. The maximum atomic E-state index is 2.24. The van der Waals surface area contributed by atoms with Gasteiger partial charge in [0.1, 0.15) is 6.54 Å². The average Bonchev–Trinajstić information content (AvgIpc) is 2.54. The Hall–Kier alpha value is -1.40. The van der Waals surface area contributed by atoms with Crippen LogP contribution in [0.1, 0.15) is 17.5 Å². The molecule has 0 amide bonds. The topological polar surface area (TPSA) is 10.4 Å². The molecule has 0 bridgehead atoms. The molecule has 0 aliphatic rings. The minimum atomic E-state index is 0. The number of nitrogens with zero attached hydrogens (tertiary/aromatic N) is 3. The third-order valence-electron chi connectivity index (χ3n) is 3.82. The van der Waals surface area contributed by atoms with E-state index < -0.39 is 0 Å². The van der Waals surface area contributed by atoms with Gasteiger partial charge in [-0.2, -0.15) is 0 Å². The van der Waals surface area contributed by atoms with Crippen molar-refractivity contribution in [3.63, 3.8) is 0 Å². The molecule has 0 saturated carbocycles. The number of aryl methyl sites for hydroxylation is 1. The fourth-order valence-corrected chi connectivity index (χ4v) is 2.37. The van der Waals surface area contributed by atoms with Crippen molar-refractivity contribution < 1.29 is 28.5 Å². The molecule has 0 spiro atoms. The number of rotatable bonds is 7. The lowest BCUT2D eigenvalue weighted by Gasteiger charge is -2.11. The van der Waals surface area contributed by atoms with E-state index >= 15 is 0 Å². The molecular formula is C20H28IN3. The molecule has 1 aromatic carbocycles. The average molecular weight is 437 g/mol. The molecule has 0 unspecified atom stereocenters. The van der Waals surface area contributed by atoms with E-state index in [2.05, 4.69) is 104 Å². The van der Waals surface area contributed by atoms with Gasteiger partial charge in [-0.15, -0.1) is 0 Å². The van der Waals surface area contributed by atoms with E-state index in [4.69, 9.17) is 0 Å². The SMILES string of the molecule is CN(C)CCC[n+]1ccc(C=Cc2ccc(N(C)C)cc2)cc1.[I-]. The van der Waals surface area contributed by atoms with Crippen molar-refractivity contribution in [3.8, 4) is 0 Å². The predicted octanol–water partition coefficient (Wildman–Crippen LogP) is 0.166. The standard InChI is InChI=1S/C20H28N3.HI/c1-21(2)14-5-15-23-16-12-19(13-17-23)7-6-18-8-10-20(11-9-18)22(3)4;/h6-13,16-17H,5,14-15H2,1-4H3;1H/q+1;/p-1. The first kappa shape index (κ1) is 20.6. The van der Waals surface area contributed by atoms with Crippen LogP contribution in [0.3, 0.4) is 0 Å². The Bertz CT molecular complexity index is 616. The van der Waals surface area contributed by atoms with Crippen LogP contribution in [0, 0.1) is 0 Å². The Kier molecular flexibility index (Phi) is 9.00. The van der Waals surface area contributed by atoms with Crippen LogP contribution in [-0.2, 0) is 6.54 Å². The van der Waals surface area contributed by atoms with E-state index in [0.717, 1.165) is 13.1 Å². The molecule has 2 aromatic rings. The van der Waals surface area contributed by atoms with Crippen LogP contribution in [0.5, 0.6) is 0 Å². The monoisotopic (exact) mass is 437 g/mol. The van der Waals surface area contributed by atoms with Crippen LogP contribution < -0.4 is 33.4 Å². The van der Waals surface area contributed by atoms with Crippen LogP contribution in [0.25, 0.3) is 12.2 Å². The van der Waals surface area contributed by atoms with Crippen molar-refractivity contribution in [2.75, 3.05) is 39.6 Å². The molecule has 2 rings (SSSR count). The molecule has 0 N–H and O–H groups in total. The first-order chi connectivity index (χ1) is 11.0. The Morgan fingerprint density at radius 3 is 1.88 bits per heavy atom. The molecule has 0 radical (unpaired) electrons. The molecule has 24 heavy (non-hydrogen) atoms. The summed E-state index contributed by atoms with van der Waals surface area (Å²) in [6.07, 6.45) is 9.81. The lowest BCUT2D eigenvalue weighted by molar-refractivity contribution is -0.697. The largest absolute Gasteiger partial charge is 1.00 e. The molecule has 0 aliphatic carbocycles. The second-order valence-corrected chi connectivity index (χ2v) is 6.35. The van der Waals surface area contributed by atoms with Crippen molar-refractivity contribution >= 4 is 17.8 Å². The summed E-state index contributed by atoms with van der Waals surface area (Å²) in [5.41, 5.74) is 3.67. The summed E-state index contributed by atoms with van der Waals surface area (Å²) in [6, 6.07) is 12.9. The molecule has 0 saturated heterocycles. The second-order valence-electron chi connectivity index (χ2n) is 6.35. The number of benzene rings is 1. The molecule has 1 heterocycles. The summed E-state index contributed by atoms with van der Waals surface area (Å²) in [4.78, 5) is 4.33. The van der Waals surface area contributed by atoms with Crippen molar-refractivity contribution in [2.45, 2.75) is 13.0 Å². The molecule has 3 nitrogen and oxygen atoms in total. The highest BCUT2D eigenvalue weighted by Gasteiger charge is 2.00. The highest BCUT2D eigenvalue weighted by atomic mass is 127. The van der Waals surface area contributed by atoms with Crippen LogP contribution >= 0.6 is 0 Å². The molecule has 130 valence electrons. The summed E-state index contributed by atoms with van der Waals surface area (Å²) in [5, 5.41) is 0. The van der Waals surface area contributed by atoms with E-state index in [0.29, 0.717) is 0 Å². The fraction of sp³-hybridized carbons (Fsp3) is 0.350. The highest BCUT2D eigenvalue weighted by Crippen LogP contribution is 2.14. The Morgan fingerprint density at radius 2 is 1.38 bits per heavy atom. The van der Waals surface area contributed by atoms with E-state index in [9.17, 15) is 0 Å². The minimum absolute atomic E-state index is 0. The minimum Gasteiger partial charge on any atom is -1.00 e. The van der Waals surface area contributed by atoms with Gasteiger partial charge in [-0.1, -0.05) is 24.3 Å². The van der Waals surface area contributed by atoms with E-state index in [-0.39, 0.29) is 24.0 Å². The maximum Gasteiger partial charge on any atom is 0.169 e. The number of aromatic nitrogens is 1. The molecule has 0 atom stereocenters. The lowest BCUT2D eigenvalue weighted by atomic mass is 10.1. The second kappa shape index (κ2) is 10.5. The summed E-state index contributed by atoms with van der Waals surface area (Å²) >= 11 is 0. The normalized spacial score (nSPS) is 10.9. The highest BCUT2D eigenvalue weighted by molar-refractivity contribution is 5.70. The van der Waals surface area contributed by atoms with Crippen LogP contribution in [0.2, 0.25) is 0 Å². The zero-order valence-corrected chi connectivity index (χ0v) is 17.3. The van der Waals surface area contributed by atoms with E-state index in [1.54, 1.807) is 0 Å².